The molecule has 1 fully saturated rings. The first-order valence-corrected chi connectivity index (χ1v) is 7.90. The summed E-state index contributed by atoms with van der Waals surface area (Å²) in [7, 11) is 0. The first kappa shape index (κ1) is 15.2. The zero-order valence-electron chi connectivity index (χ0n) is 12.9. The molecule has 1 heterocycles. The topological polar surface area (TPSA) is 38.5 Å². The monoisotopic (exact) mass is 276 g/mol. The van der Waals surface area contributed by atoms with Gasteiger partial charge in [-0.05, 0) is 63.9 Å². The molecule has 1 aromatic carbocycles. The van der Waals surface area contributed by atoms with E-state index < -0.39 is 0 Å². The smallest absolute Gasteiger partial charge is 0.142 e. The molecule has 0 aliphatic carbocycles. The third kappa shape index (κ3) is 4.71. The van der Waals surface area contributed by atoms with Gasteiger partial charge in [-0.15, -0.1) is 0 Å². The number of anilines is 1. The first-order chi connectivity index (χ1) is 9.65. The number of nitrogens with two attached hydrogens (primary N) is 1. The second-order valence-corrected chi connectivity index (χ2v) is 6.01. The van der Waals surface area contributed by atoms with E-state index in [4.69, 9.17) is 10.5 Å². The minimum Gasteiger partial charge on any atom is -0.489 e. The van der Waals surface area contributed by atoms with Gasteiger partial charge in [0.05, 0.1) is 11.8 Å². The van der Waals surface area contributed by atoms with Gasteiger partial charge in [-0.25, -0.2) is 0 Å². The second-order valence-electron chi connectivity index (χ2n) is 6.01. The van der Waals surface area contributed by atoms with Crippen LogP contribution in [0.2, 0.25) is 0 Å². The van der Waals surface area contributed by atoms with Crippen LogP contribution in [0.25, 0.3) is 0 Å². The van der Waals surface area contributed by atoms with Gasteiger partial charge in [0.1, 0.15) is 5.75 Å². The maximum absolute atomic E-state index is 5.99. The fourth-order valence-electron chi connectivity index (χ4n) is 2.78. The number of hydrogen-bond donors (Lipinski definition) is 1. The molecule has 1 atom stereocenters. The molecular weight excluding hydrogens is 248 g/mol. The van der Waals surface area contributed by atoms with Crippen molar-refractivity contribution < 1.29 is 4.74 Å². The van der Waals surface area contributed by atoms with Gasteiger partial charge in [-0.1, -0.05) is 18.9 Å². The number of aryl methyl sites for hydroxylation is 1. The number of nitrogens with zero attached hydrogens (tertiary/aromatic N) is 1. The summed E-state index contributed by atoms with van der Waals surface area (Å²) in [4.78, 5) is 2.57. The van der Waals surface area contributed by atoms with Crippen LogP contribution in [0, 0.1) is 6.92 Å². The van der Waals surface area contributed by atoms with Crippen molar-refractivity contribution in [2.45, 2.75) is 52.1 Å². The molecule has 1 saturated heterocycles. The fraction of sp³-hybridized carbons (Fsp3) is 0.647. The number of nitrogen functional groups attached to an aromatic ring is 1. The van der Waals surface area contributed by atoms with Crippen molar-refractivity contribution in [3.8, 4) is 5.75 Å². The van der Waals surface area contributed by atoms with Crippen LogP contribution in [0.4, 0.5) is 5.69 Å². The van der Waals surface area contributed by atoms with E-state index in [0.29, 0.717) is 0 Å². The van der Waals surface area contributed by atoms with Crippen LogP contribution in [-0.4, -0.2) is 30.6 Å². The normalized spacial score (nSPS) is 18.5. The molecule has 20 heavy (non-hydrogen) atoms. The summed E-state index contributed by atoms with van der Waals surface area (Å²) in [5.74, 6) is 0.818. The molecule has 2 N–H and O–H groups in total. The Bertz CT molecular complexity index is 411. The highest BCUT2D eigenvalue weighted by Gasteiger charge is 2.12. The summed E-state index contributed by atoms with van der Waals surface area (Å²) < 4.78 is 5.97. The first-order valence-electron chi connectivity index (χ1n) is 7.90. The van der Waals surface area contributed by atoms with Gasteiger partial charge < -0.3 is 15.4 Å². The van der Waals surface area contributed by atoms with Crippen molar-refractivity contribution in [2.24, 2.45) is 0 Å². The molecule has 0 amide bonds. The zero-order chi connectivity index (χ0) is 14.4. The zero-order valence-corrected chi connectivity index (χ0v) is 12.9. The van der Waals surface area contributed by atoms with Crippen molar-refractivity contribution >= 4 is 5.69 Å². The molecule has 1 aliphatic rings. The Morgan fingerprint density at radius 3 is 2.55 bits per heavy atom. The fourth-order valence-corrected chi connectivity index (χ4v) is 2.78. The molecular formula is C17H28N2O. The maximum atomic E-state index is 5.99. The quantitative estimate of drug-likeness (QED) is 0.835. The molecule has 2 rings (SSSR count). The molecule has 1 aliphatic heterocycles. The highest BCUT2D eigenvalue weighted by Crippen LogP contribution is 2.24. The lowest BCUT2D eigenvalue weighted by molar-refractivity contribution is 0.178. The Kier molecular flexibility index (Phi) is 5.72. The van der Waals surface area contributed by atoms with Crippen molar-refractivity contribution in [2.75, 3.05) is 25.4 Å². The molecule has 0 radical (unpaired) electrons. The van der Waals surface area contributed by atoms with Gasteiger partial charge in [-0.3, -0.25) is 0 Å². The van der Waals surface area contributed by atoms with Crippen molar-refractivity contribution in [1.29, 1.82) is 0 Å². The standard InChI is InChI=1S/C17H28N2O/c1-14-7-8-17(16(18)13-14)20-15(2)9-12-19-10-5-3-4-6-11-19/h7-8,13,15H,3-6,9-12,18H2,1-2H3. The van der Waals surface area contributed by atoms with Gasteiger partial charge in [0.2, 0.25) is 0 Å². The van der Waals surface area contributed by atoms with Crippen molar-refractivity contribution in [3.63, 3.8) is 0 Å². The molecule has 1 aromatic rings. The summed E-state index contributed by atoms with van der Waals surface area (Å²) in [6, 6.07) is 6.00. The Morgan fingerprint density at radius 2 is 1.90 bits per heavy atom. The molecule has 3 nitrogen and oxygen atoms in total. The highest BCUT2D eigenvalue weighted by molar-refractivity contribution is 5.54. The van der Waals surface area contributed by atoms with Crippen molar-refractivity contribution in [1.82, 2.24) is 4.90 Å². The maximum Gasteiger partial charge on any atom is 0.142 e. The number of hydrogen-bond acceptors (Lipinski definition) is 3. The van der Waals surface area contributed by atoms with E-state index in [1.807, 2.05) is 25.1 Å². The van der Waals surface area contributed by atoms with Crippen LogP contribution in [0.3, 0.4) is 0 Å². The second kappa shape index (κ2) is 7.53. The number of rotatable bonds is 5. The third-order valence-corrected chi connectivity index (χ3v) is 4.04. The molecule has 0 bridgehead atoms. The summed E-state index contributed by atoms with van der Waals surface area (Å²) in [6.45, 7) is 7.81. The van der Waals surface area contributed by atoms with Crippen molar-refractivity contribution in [3.05, 3.63) is 23.8 Å². The van der Waals surface area contributed by atoms with E-state index >= 15 is 0 Å². The highest BCUT2D eigenvalue weighted by atomic mass is 16.5. The van der Waals surface area contributed by atoms with Crippen LogP contribution in [0.15, 0.2) is 18.2 Å². The van der Waals surface area contributed by atoms with E-state index in [2.05, 4.69) is 11.8 Å². The predicted octanol–water partition coefficient (Wildman–Crippen LogP) is 3.61. The van der Waals surface area contributed by atoms with E-state index in [9.17, 15) is 0 Å². The number of ether oxygens (including phenoxy) is 1. The summed E-state index contributed by atoms with van der Waals surface area (Å²) >= 11 is 0. The van der Waals surface area contributed by atoms with E-state index in [1.54, 1.807) is 0 Å². The molecule has 0 aromatic heterocycles. The third-order valence-electron chi connectivity index (χ3n) is 4.04. The number of likely N-dealkylation sites (tertiary alicyclic amines) is 1. The lowest BCUT2D eigenvalue weighted by Gasteiger charge is -2.23. The predicted molar refractivity (Wildman–Crippen MR) is 85.2 cm³/mol. The molecule has 0 spiro atoms. The van der Waals surface area contributed by atoms with Crippen LogP contribution >= 0.6 is 0 Å². The Labute approximate surface area is 123 Å². The molecule has 1 unspecified atom stereocenters. The Morgan fingerprint density at radius 1 is 1.20 bits per heavy atom. The lowest BCUT2D eigenvalue weighted by Crippen LogP contribution is -2.29. The summed E-state index contributed by atoms with van der Waals surface area (Å²) in [5, 5.41) is 0. The largest absolute Gasteiger partial charge is 0.489 e. The van der Waals surface area contributed by atoms with E-state index in [0.717, 1.165) is 24.4 Å². The minimum absolute atomic E-state index is 0.211. The minimum atomic E-state index is 0.211. The lowest BCUT2D eigenvalue weighted by atomic mass is 10.2. The van der Waals surface area contributed by atoms with Crippen LogP contribution < -0.4 is 10.5 Å². The van der Waals surface area contributed by atoms with E-state index in [1.165, 1.54) is 44.3 Å². The van der Waals surface area contributed by atoms with Crippen LogP contribution in [0.1, 0.15) is 44.6 Å². The van der Waals surface area contributed by atoms with Crippen LogP contribution in [-0.2, 0) is 0 Å². The van der Waals surface area contributed by atoms with Gasteiger partial charge in [-0.2, -0.15) is 0 Å². The average Bonchev–Trinajstić information content (AvgIpc) is 2.68. The summed E-state index contributed by atoms with van der Waals surface area (Å²) in [6.07, 6.45) is 6.75. The van der Waals surface area contributed by atoms with Gasteiger partial charge in [0, 0.05) is 6.54 Å². The molecule has 3 heteroatoms. The van der Waals surface area contributed by atoms with Crippen LogP contribution in [0.5, 0.6) is 5.75 Å². The average molecular weight is 276 g/mol. The SMILES string of the molecule is Cc1ccc(OC(C)CCN2CCCCCC2)c(N)c1. The Balaban J connectivity index is 1.78. The molecule has 112 valence electrons. The molecule has 0 saturated carbocycles. The van der Waals surface area contributed by atoms with Gasteiger partial charge in [0.15, 0.2) is 0 Å². The Hall–Kier alpha value is -1.22. The number of benzene rings is 1. The van der Waals surface area contributed by atoms with Gasteiger partial charge >= 0.3 is 0 Å². The van der Waals surface area contributed by atoms with Gasteiger partial charge in [0.25, 0.3) is 0 Å². The summed E-state index contributed by atoms with van der Waals surface area (Å²) in [5.41, 5.74) is 7.91. The van der Waals surface area contributed by atoms with E-state index in [-0.39, 0.29) is 6.10 Å².